The highest BCUT2D eigenvalue weighted by molar-refractivity contribution is 6.12. The summed E-state index contributed by atoms with van der Waals surface area (Å²) in [5.41, 5.74) is 3.87. The second-order valence-electron chi connectivity index (χ2n) is 8.43. The van der Waals surface area contributed by atoms with Crippen LogP contribution in [0.15, 0.2) is 36.7 Å². The van der Waals surface area contributed by atoms with Gasteiger partial charge in [0.1, 0.15) is 0 Å². The van der Waals surface area contributed by atoms with Gasteiger partial charge in [-0.1, -0.05) is 0 Å². The number of pyridine rings is 1. The molecule has 27 heavy (non-hydrogen) atoms. The topological polar surface area (TPSA) is 72.3 Å². The monoisotopic (exact) mass is 359 g/mol. The minimum Gasteiger partial charge on any atom is -0.369 e. The van der Waals surface area contributed by atoms with E-state index in [1.165, 1.54) is 0 Å². The average Bonchev–Trinajstić information content (AvgIpc) is 2.78. The van der Waals surface area contributed by atoms with Crippen LogP contribution in [0.5, 0.6) is 0 Å². The smallest absolute Gasteiger partial charge is 0.259 e. The van der Waals surface area contributed by atoms with Gasteiger partial charge in [0, 0.05) is 37.2 Å². The standard InChI is InChI=1S/C21H21N5O/c1-20(2)18-5-14(7-22)3-4-17(18)19(27)26(20)16-6-15(8-23-9-16)25-12-21(13-25)10-24-11-21/h3-6,8-9,24H,10-13H2,1-2H3. The largest absolute Gasteiger partial charge is 0.369 e. The zero-order valence-electron chi connectivity index (χ0n) is 15.5. The average molecular weight is 359 g/mol. The molecule has 3 aliphatic heterocycles. The molecule has 1 spiro atoms. The molecule has 0 radical (unpaired) electrons. The molecule has 136 valence electrons. The molecule has 1 amide bonds. The lowest BCUT2D eigenvalue weighted by Crippen LogP contribution is -2.71. The fraction of sp³-hybridized carbons (Fsp3) is 0.381. The first-order chi connectivity index (χ1) is 12.9. The van der Waals surface area contributed by atoms with Gasteiger partial charge in [-0.25, -0.2) is 0 Å². The van der Waals surface area contributed by atoms with Crippen LogP contribution in [-0.4, -0.2) is 37.1 Å². The van der Waals surface area contributed by atoms with E-state index in [1.807, 2.05) is 26.1 Å². The Labute approximate surface area is 158 Å². The van der Waals surface area contributed by atoms with E-state index in [1.54, 1.807) is 23.2 Å². The highest BCUT2D eigenvalue weighted by atomic mass is 16.2. The lowest BCUT2D eigenvalue weighted by Gasteiger charge is -2.57. The molecule has 2 fully saturated rings. The molecule has 1 aromatic carbocycles. The Kier molecular flexibility index (Phi) is 3.20. The first kappa shape index (κ1) is 16.3. The minimum absolute atomic E-state index is 0.0401. The van der Waals surface area contributed by atoms with Gasteiger partial charge in [0.05, 0.1) is 40.9 Å². The minimum atomic E-state index is -0.534. The third-order valence-electron chi connectivity index (χ3n) is 6.19. The highest BCUT2D eigenvalue weighted by Crippen LogP contribution is 2.44. The van der Waals surface area contributed by atoms with Crippen molar-refractivity contribution in [2.45, 2.75) is 19.4 Å². The number of carbonyl (C=O) groups is 1. The van der Waals surface area contributed by atoms with Crippen LogP contribution in [0.4, 0.5) is 11.4 Å². The Morgan fingerprint density at radius 3 is 2.56 bits per heavy atom. The van der Waals surface area contributed by atoms with Crippen molar-refractivity contribution in [3.8, 4) is 6.07 Å². The molecule has 0 unspecified atom stereocenters. The third-order valence-corrected chi connectivity index (χ3v) is 6.19. The molecule has 6 nitrogen and oxygen atoms in total. The summed E-state index contributed by atoms with van der Waals surface area (Å²) in [6, 6.07) is 9.52. The maximum Gasteiger partial charge on any atom is 0.259 e. The normalized spacial score (nSPS) is 21.4. The van der Waals surface area contributed by atoms with Crippen molar-refractivity contribution in [3.63, 3.8) is 0 Å². The van der Waals surface area contributed by atoms with Gasteiger partial charge in [0.15, 0.2) is 0 Å². The van der Waals surface area contributed by atoms with Crippen molar-refractivity contribution >= 4 is 17.3 Å². The van der Waals surface area contributed by atoms with Gasteiger partial charge in [-0.3, -0.25) is 14.7 Å². The van der Waals surface area contributed by atoms with Gasteiger partial charge in [-0.2, -0.15) is 5.26 Å². The second kappa shape index (κ2) is 5.30. The maximum atomic E-state index is 13.1. The van der Waals surface area contributed by atoms with Crippen LogP contribution >= 0.6 is 0 Å². The van der Waals surface area contributed by atoms with Crippen LogP contribution in [0.25, 0.3) is 0 Å². The summed E-state index contributed by atoms with van der Waals surface area (Å²) < 4.78 is 0. The Balaban J connectivity index is 1.49. The Morgan fingerprint density at radius 2 is 1.89 bits per heavy atom. The molecule has 5 rings (SSSR count). The Hall–Kier alpha value is -2.91. The summed E-state index contributed by atoms with van der Waals surface area (Å²) in [5.74, 6) is -0.0401. The van der Waals surface area contributed by atoms with Crippen molar-refractivity contribution in [3.05, 3.63) is 53.3 Å². The number of benzene rings is 1. The fourth-order valence-electron chi connectivity index (χ4n) is 4.60. The van der Waals surface area contributed by atoms with Gasteiger partial charge in [-0.15, -0.1) is 0 Å². The quantitative estimate of drug-likeness (QED) is 0.890. The van der Waals surface area contributed by atoms with Crippen LogP contribution in [0.2, 0.25) is 0 Å². The number of hydrogen-bond donors (Lipinski definition) is 1. The molecule has 1 aromatic heterocycles. The van der Waals surface area contributed by atoms with E-state index in [4.69, 9.17) is 0 Å². The molecule has 2 aromatic rings. The number of rotatable bonds is 2. The third kappa shape index (κ3) is 2.22. The number of anilines is 2. The van der Waals surface area contributed by atoms with Gasteiger partial charge in [0.2, 0.25) is 0 Å². The molecule has 3 aliphatic rings. The summed E-state index contributed by atoms with van der Waals surface area (Å²) in [7, 11) is 0. The van der Waals surface area contributed by atoms with E-state index in [0.717, 1.165) is 43.1 Å². The number of hydrogen-bond acceptors (Lipinski definition) is 5. The molecule has 0 saturated carbocycles. The number of amides is 1. The Bertz CT molecular complexity index is 994. The van der Waals surface area contributed by atoms with Crippen LogP contribution < -0.4 is 15.1 Å². The zero-order valence-corrected chi connectivity index (χ0v) is 15.5. The number of nitriles is 1. The van der Waals surface area contributed by atoms with Gasteiger partial charge in [-0.05, 0) is 43.7 Å². The Morgan fingerprint density at radius 1 is 1.15 bits per heavy atom. The molecule has 0 atom stereocenters. The van der Waals surface area contributed by atoms with Crippen LogP contribution in [0, 0.1) is 16.7 Å². The van der Waals surface area contributed by atoms with Crippen LogP contribution in [0.3, 0.4) is 0 Å². The summed E-state index contributed by atoms with van der Waals surface area (Å²) >= 11 is 0. The highest BCUT2D eigenvalue weighted by Gasteiger charge is 2.48. The fourth-order valence-corrected chi connectivity index (χ4v) is 4.60. The van der Waals surface area contributed by atoms with Gasteiger partial charge < -0.3 is 10.2 Å². The molecule has 6 heteroatoms. The molecule has 4 heterocycles. The predicted octanol–water partition coefficient (Wildman–Crippen LogP) is 2.26. The number of nitrogens with one attached hydrogen (secondary N) is 1. The zero-order chi connectivity index (χ0) is 18.8. The van der Waals surface area contributed by atoms with Crippen molar-refractivity contribution < 1.29 is 4.79 Å². The van der Waals surface area contributed by atoms with E-state index >= 15 is 0 Å². The van der Waals surface area contributed by atoms with Crippen molar-refractivity contribution in [2.24, 2.45) is 5.41 Å². The van der Waals surface area contributed by atoms with Gasteiger partial charge >= 0.3 is 0 Å². The van der Waals surface area contributed by atoms with E-state index < -0.39 is 5.54 Å². The van der Waals surface area contributed by atoms with E-state index in [-0.39, 0.29) is 5.91 Å². The summed E-state index contributed by atoms with van der Waals surface area (Å²) in [6.45, 7) is 8.28. The van der Waals surface area contributed by atoms with Crippen LogP contribution in [-0.2, 0) is 5.54 Å². The molecular formula is C21H21N5O. The van der Waals surface area contributed by atoms with Crippen molar-refractivity contribution in [1.29, 1.82) is 5.26 Å². The first-order valence-electron chi connectivity index (χ1n) is 9.24. The summed E-state index contributed by atoms with van der Waals surface area (Å²) in [4.78, 5) is 21.7. The van der Waals surface area contributed by atoms with Crippen LogP contribution in [0.1, 0.15) is 35.3 Å². The van der Waals surface area contributed by atoms with E-state index in [9.17, 15) is 10.1 Å². The molecular weight excluding hydrogens is 338 g/mol. The van der Waals surface area contributed by atoms with Gasteiger partial charge in [0.25, 0.3) is 5.91 Å². The molecule has 0 bridgehead atoms. The summed E-state index contributed by atoms with van der Waals surface area (Å²) in [6.07, 6.45) is 3.62. The molecule has 0 aliphatic carbocycles. The lowest BCUT2D eigenvalue weighted by molar-refractivity contribution is 0.0982. The molecule has 1 N–H and O–H groups in total. The van der Waals surface area contributed by atoms with Crippen molar-refractivity contribution in [2.75, 3.05) is 36.0 Å². The first-order valence-corrected chi connectivity index (χ1v) is 9.24. The lowest BCUT2D eigenvalue weighted by atomic mass is 9.74. The summed E-state index contributed by atoms with van der Waals surface area (Å²) in [5, 5.41) is 12.6. The maximum absolute atomic E-state index is 13.1. The molecule has 2 saturated heterocycles. The number of nitrogens with zero attached hydrogens (tertiary/aromatic N) is 4. The van der Waals surface area contributed by atoms with E-state index in [2.05, 4.69) is 27.3 Å². The number of aromatic nitrogens is 1. The SMILES string of the molecule is CC1(C)c2cc(C#N)ccc2C(=O)N1c1cncc(N2CC3(CNC3)C2)c1. The number of carbonyl (C=O) groups excluding carboxylic acids is 1. The number of fused-ring (bicyclic) bond motifs is 1. The van der Waals surface area contributed by atoms with Crippen molar-refractivity contribution in [1.82, 2.24) is 10.3 Å². The predicted molar refractivity (Wildman–Crippen MR) is 103 cm³/mol. The van der Waals surface area contributed by atoms with E-state index in [0.29, 0.717) is 16.5 Å². The second-order valence-corrected chi connectivity index (χ2v) is 8.43.